The number of nitrogens with one attached hydrogen (secondary N) is 2. The van der Waals surface area contributed by atoms with E-state index in [0.717, 1.165) is 41.7 Å². The summed E-state index contributed by atoms with van der Waals surface area (Å²) in [6.07, 6.45) is -4.80. The molecule has 0 saturated heterocycles. The van der Waals surface area contributed by atoms with E-state index in [1.807, 2.05) is 5.32 Å². The van der Waals surface area contributed by atoms with Crippen molar-refractivity contribution < 1.29 is 36.3 Å². The number of hydrogen-bond donors (Lipinski definition) is 2. The number of urea groups is 1. The van der Waals surface area contributed by atoms with E-state index < -0.39 is 35.5 Å². The Bertz CT molecular complexity index is 1110. The highest BCUT2D eigenvalue weighted by Crippen LogP contribution is 2.36. The van der Waals surface area contributed by atoms with Gasteiger partial charge in [0, 0.05) is 4.88 Å². The van der Waals surface area contributed by atoms with Crippen molar-refractivity contribution in [3.05, 3.63) is 71.3 Å². The molecule has 3 aromatic rings. The fourth-order valence-electron chi connectivity index (χ4n) is 2.66. The van der Waals surface area contributed by atoms with Crippen molar-refractivity contribution in [1.29, 1.82) is 0 Å². The van der Waals surface area contributed by atoms with E-state index in [4.69, 9.17) is 0 Å². The number of amides is 3. The zero-order valence-corrected chi connectivity index (χ0v) is 16.5. The first-order valence-corrected chi connectivity index (χ1v) is 9.38. The van der Waals surface area contributed by atoms with E-state index in [0.29, 0.717) is 21.0 Å². The molecule has 5 nitrogen and oxygen atoms in total. The molecule has 3 rings (SSSR count). The van der Waals surface area contributed by atoms with Crippen LogP contribution in [0.5, 0.6) is 5.75 Å². The van der Waals surface area contributed by atoms with E-state index >= 15 is 0 Å². The zero-order chi connectivity index (χ0) is 22.8. The largest absolute Gasteiger partial charge is 0.573 e. The molecule has 0 atom stereocenters. The Morgan fingerprint density at radius 2 is 1.61 bits per heavy atom. The number of hydrogen-bond acceptors (Lipinski definition) is 4. The first-order chi connectivity index (χ1) is 14.5. The summed E-state index contributed by atoms with van der Waals surface area (Å²) in [5.74, 6) is -3.85. The monoisotopic (exact) mass is 456 g/mol. The van der Waals surface area contributed by atoms with Crippen molar-refractivity contribution in [2.45, 2.75) is 13.3 Å². The number of aryl methyl sites for hydroxylation is 1. The third-order valence-electron chi connectivity index (χ3n) is 3.92. The highest BCUT2D eigenvalue weighted by molar-refractivity contribution is 7.19. The maximum absolute atomic E-state index is 13.6. The molecule has 0 aliphatic heterocycles. The smallest absolute Gasteiger partial charge is 0.406 e. The molecule has 0 aliphatic carbocycles. The number of rotatable bonds is 4. The van der Waals surface area contributed by atoms with Gasteiger partial charge in [0.05, 0.1) is 5.00 Å². The van der Waals surface area contributed by atoms with Gasteiger partial charge in [-0.1, -0.05) is 6.07 Å². The van der Waals surface area contributed by atoms with Crippen LogP contribution >= 0.6 is 11.3 Å². The number of carbonyl (C=O) groups excluding carboxylic acids is 2. The Morgan fingerprint density at radius 1 is 1.00 bits per heavy atom. The molecule has 0 aliphatic rings. The van der Waals surface area contributed by atoms with Crippen LogP contribution in [-0.4, -0.2) is 18.3 Å². The summed E-state index contributed by atoms with van der Waals surface area (Å²) in [6, 6.07) is 8.59. The number of benzene rings is 2. The first kappa shape index (κ1) is 22.2. The van der Waals surface area contributed by atoms with Crippen molar-refractivity contribution in [1.82, 2.24) is 5.32 Å². The van der Waals surface area contributed by atoms with E-state index in [2.05, 4.69) is 10.1 Å². The van der Waals surface area contributed by atoms with Crippen LogP contribution in [0.25, 0.3) is 10.4 Å². The minimum atomic E-state index is -4.80. The maximum atomic E-state index is 13.6. The van der Waals surface area contributed by atoms with Crippen molar-refractivity contribution in [3.63, 3.8) is 0 Å². The Hall–Kier alpha value is -3.47. The van der Waals surface area contributed by atoms with Gasteiger partial charge in [0.1, 0.15) is 22.9 Å². The molecule has 3 amide bonds. The van der Waals surface area contributed by atoms with E-state index in [1.54, 1.807) is 13.0 Å². The van der Waals surface area contributed by atoms with Gasteiger partial charge in [-0.05, 0) is 60.5 Å². The molecule has 0 bridgehead atoms. The molecule has 1 aromatic heterocycles. The Kier molecular flexibility index (Phi) is 6.25. The summed E-state index contributed by atoms with van der Waals surface area (Å²) in [6.45, 7) is 1.72. The van der Waals surface area contributed by atoms with Gasteiger partial charge in [0.2, 0.25) is 0 Å². The lowest BCUT2D eigenvalue weighted by Crippen LogP contribution is -2.35. The van der Waals surface area contributed by atoms with Crippen molar-refractivity contribution in [2.75, 3.05) is 5.32 Å². The molecular weight excluding hydrogens is 443 g/mol. The fraction of sp³-hybridized carbons (Fsp3) is 0.100. The van der Waals surface area contributed by atoms with Crippen LogP contribution in [0.2, 0.25) is 0 Å². The van der Waals surface area contributed by atoms with Crippen molar-refractivity contribution >= 4 is 28.3 Å². The second-order valence-corrected chi connectivity index (χ2v) is 7.25. The molecular formula is C20H13F5N2O3S. The van der Waals surface area contributed by atoms with Crippen molar-refractivity contribution in [2.24, 2.45) is 0 Å². The summed E-state index contributed by atoms with van der Waals surface area (Å²) in [5.41, 5.74) is 0.396. The van der Waals surface area contributed by atoms with E-state index in [1.165, 1.54) is 12.1 Å². The average Bonchev–Trinajstić information content (AvgIpc) is 3.00. The van der Waals surface area contributed by atoms with Crippen LogP contribution in [0, 0.1) is 18.6 Å². The molecule has 11 heteroatoms. The number of anilines is 1. The predicted molar refractivity (Wildman–Crippen MR) is 104 cm³/mol. The normalized spacial score (nSPS) is 11.2. The zero-order valence-electron chi connectivity index (χ0n) is 15.6. The standard InChI is InChI=1S/C20H13F5N2O3S/c1-10-9-15(26-19(29)27-18(28)16-13(21)3-2-4-14(16)22)31-17(10)11-5-7-12(8-6-11)30-20(23,24)25/h2-9H,1H3,(H2,26,27,28,29). The van der Waals surface area contributed by atoms with E-state index in [9.17, 15) is 31.5 Å². The van der Waals surface area contributed by atoms with Crippen LogP contribution in [-0.2, 0) is 0 Å². The van der Waals surface area contributed by atoms with Crippen LogP contribution in [0.15, 0.2) is 48.5 Å². The van der Waals surface area contributed by atoms with Gasteiger partial charge < -0.3 is 4.74 Å². The minimum absolute atomic E-state index is 0.308. The summed E-state index contributed by atoms with van der Waals surface area (Å²) in [5, 5.41) is 4.53. The lowest BCUT2D eigenvalue weighted by atomic mass is 10.1. The third-order valence-corrected chi connectivity index (χ3v) is 5.12. The second-order valence-electron chi connectivity index (χ2n) is 6.20. The lowest BCUT2D eigenvalue weighted by Gasteiger charge is -2.09. The van der Waals surface area contributed by atoms with Gasteiger partial charge in [-0.3, -0.25) is 15.4 Å². The minimum Gasteiger partial charge on any atom is -0.406 e. The maximum Gasteiger partial charge on any atom is 0.573 e. The summed E-state index contributed by atoms with van der Waals surface area (Å²) < 4.78 is 67.9. The van der Waals surface area contributed by atoms with Gasteiger partial charge in [0.15, 0.2) is 0 Å². The quantitative estimate of drug-likeness (QED) is 0.483. The molecule has 0 unspecified atom stereocenters. The predicted octanol–water partition coefficient (Wildman–Crippen LogP) is 5.86. The first-order valence-electron chi connectivity index (χ1n) is 8.56. The highest BCUT2D eigenvalue weighted by atomic mass is 32.1. The van der Waals surface area contributed by atoms with Crippen LogP contribution < -0.4 is 15.4 Å². The number of alkyl halides is 3. The third kappa shape index (κ3) is 5.57. The van der Waals surface area contributed by atoms with Gasteiger partial charge >= 0.3 is 12.4 Å². The molecule has 162 valence electrons. The molecule has 0 fully saturated rings. The molecule has 1 heterocycles. The molecule has 0 spiro atoms. The van der Waals surface area contributed by atoms with Gasteiger partial charge in [0.25, 0.3) is 5.91 Å². The van der Waals surface area contributed by atoms with Crippen LogP contribution in [0.1, 0.15) is 15.9 Å². The Morgan fingerprint density at radius 3 is 2.19 bits per heavy atom. The summed E-state index contributed by atoms with van der Waals surface area (Å²) in [4.78, 5) is 24.7. The van der Waals surface area contributed by atoms with Gasteiger partial charge in [-0.2, -0.15) is 0 Å². The number of ether oxygens (including phenoxy) is 1. The molecule has 0 radical (unpaired) electrons. The fourth-order valence-corrected chi connectivity index (χ4v) is 3.73. The topological polar surface area (TPSA) is 67.4 Å². The molecule has 2 aromatic carbocycles. The molecule has 0 saturated carbocycles. The van der Waals surface area contributed by atoms with Crippen LogP contribution in [0.3, 0.4) is 0 Å². The SMILES string of the molecule is Cc1cc(NC(=O)NC(=O)c2c(F)cccc2F)sc1-c1ccc(OC(F)(F)F)cc1. The summed E-state index contributed by atoms with van der Waals surface area (Å²) >= 11 is 1.09. The number of thiophene rings is 1. The number of imide groups is 1. The average molecular weight is 456 g/mol. The lowest BCUT2D eigenvalue weighted by molar-refractivity contribution is -0.274. The van der Waals surface area contributed by atoms with Crippen molar-refractivity contribution in [3.8, 4) is 16.2 Å². The highest BCUT2D eigenvalue weighted by Gasteiger charge is 2.31. The molecule has 31 heavy (non-hydrogen) atoms. The Labute approximate surface area is 176 Å². The second kappa shape index (κ2) is 8.72. The Balaban J connectivity index is 1.69. The number of carbonyl (C=O) groups is 2. The van der Waals surface area contributed by atoms with E-state index in [-0.39, 0.29) is 5.75 Å². The van der Waals surface area contributed by atoms with Gasteiger partial charge in [-0.25, -0.2) is 13.6 Å². The summed E-state index contributed by atoms with van der Waals surface area (Å²) in [7, 11) is 0. The van der Waals surface area contributed by atoms with Crippen LogP contribution in [0.4, 0.5) is 31.7 Å². The number of halogens is 5. The molecule has 2 N–H and O–H groups in total. The van der Waals surface area contributed by atoms with Gasteiger partial charge in [-0.15, -0.1) is 24.5 Å².